The Morgan fingerprint density at radius 2 is 1.93 bits per heavy atom. The minimum absolute atomic E-state index is 0.213. The van der Waals surface area contributed by atoms with Gasteiger partial charge in [-0.15, -0.1) is 13.2 Å². The highest BCUT2D eigenvalue weighted by molar-refractivity contribution is 7.22. The van der Waals surface area contributed by atoms with E-state index in [1.165, 1.54) is 29.5 Å². The molecule has 0 spiro atoms. The number of nitrogens with one attached hydrogen (secondary N) is 2. The number of fused-ring (bicyclic) bond motifs is 2. The SMILES string of the molecule is CNC(=O)c1ccc2c(c1)nc(Nc1nc3cc(OC(F)(F)F)ccc3s1)n2C. The van der Waals surface area contributed by atoms with Gasteiger partial charge in [-0.1, -0.05) is 11.3 Å². The van der Waals surface area contributed by atoms with Crippen LogP contribution in [0.2, 0.25) is 0 Å². The Hall–Kier alpha value is -3.34. The van der Waals surface area contributed by atoms with Crippen LogP contribution in [0.4, 0.5) is 24.3 Å². The Labute approximate surface area is 166 Å². The Bertz CT molecular complexity index is 1230. The number of benzene rings is 2. The lowest BCUT2D eigenvalue weighted by Crippen LogP contribution is -2.17. The van der Waals surface area contributed by atoms with Crippen molar-refractivity contribution in [1.82, 2.24) is 19.9 Å². The van der Waals surface area contributed by atoms with Crippen molar-refractivity contribution >= 4 is 49.6 Å². The lowest BCUT2D eigenvalue weighted by molar-refractivity contribution is -0.274. The molecule has 0 unspecified atom stereocenters. The van der Waals surface area contributed by atoms with Gasteiger partial charge >= 0.3 is 6.36 Å². The van der Waals surface area contributed by atoms with Crippen molar-refractivity contribution in [1.29, 1.82) is 0 Å². The number of aromatic nitrogens is 3. The first-order valence-corrected chi connectivity index (χ1v) is 9.17. The summed E-state index contributed by atoms with van der Waals surface area (Å²) in [4.78, 5) is 20.6. The van der Waals surface area contributed by atoms with Gasteiger partial charge in [-0.25, -0.2) is 9.97 Å². The number of rotatable bonds is 4. The fourth-order valence-electron chi connectivity index (χ4n) is 2.85. The maximum Gasteiger partial charge on any atom is 0.573 e. The molecule has 2 aromatic carbocycles. The van der Waals surface area contributed by atoms with Gasteiger partial charge in [0.05, 0.1) is 21.3 Å². The second-order valence-corrected chi connectivity index (χ2v) is 7.13. The van der Waals surface area contributed by atoms with E-state index in [1.54, 1.807) is 36.9 Å². The van der Waals surface area contributed by atoms with E-state index in [9.17, 15) is 18.0 Å². The zero-order valence-corrected chi connectivity index (χ0v) is 16.0. The molecule has 2 heterocycles. The smallest absolute Gasteiger partial charge is 0.406 e. The van der Waals surface area contributed by atoms with Crippen LogP contribution >= 0.6 is 11.3 Å². The van der Waals surface area contributed by atoms with Gasteiger partial charge in [0.25, 0.3) is 5.91 Å². The van der Waals surface area contributed by atoms with E-state index in [2.05, 4.69) is 25.3 Å². The molecule has 0 aliphatic heterocycles. The van der Waals surface area contributed by atoms with Gasteiger partial charge in [0, 0.05) is 25.7 Å². The van der Waals surface area contributed by atoms with Gasteiger partial charge in [-0.05, 0) is 30.3 Å². The number of imidazole rings is 1. The van der Waals surface area contributed by atoms with E-state index >= 15 is 0 Å². The van der Waals surface area contributed by atoms with E-state index in [-0.39, 0.29) is 11.7 Å². The molecule has 29 heavy (non-hydrogen) atoms. The fraction of sp³-hybridized carbons (Fsp3) is 0.167. The number of hydrogen-bond acceptors (Lipinski definition) is 6. The van der Waals surface area contributed by atoms with Gasteiger partial charge < -0.3 is 19.9 Å². The monoisotopic (exact) mass is 421 g/mol. The quantitative estimate of drug-likeness (QED) is 0.517. The second kappa shape index (κ2) is 6.92. The van der Waals surface area contributed by atoms with Crippen molar-refractivity contribution in [3.63, 3.8) is 0 Å². The van der Waals surface area contributed by atoms with E-state index < -0.39 is 6.36 Å². The molecule has 2 N–H and O–H groups in total. The third-order valence-corrected chi connectivity index (χ3v) is 5.13. The summed E-state index contributed by atoms with van der Waals surface area (Å²) in [5, 5.41) is 6.11. The molecule has 0 aliphatic rings. The molecule has 1 amide bonds. The minimum atomic E-state index is -4.76. The van der Waals surface area contributed by atoms with E-state index in [1.807, 2.05) is 0 Å². The summed E-state index contributed by atoms with van der Waals surface area (Å²) in [6.45, 7) is 0. The van der Waals surface area contributed by atoms with Crippen LogP contribution in [-0.2, 0) is 7.05 Å². The third-order valence-electron chi connectivity index (χ3n) is 4.18. The predicted molar refractivity (Wildman–Crippen MR) is 104 cm³/mol. The summed E-state index contributed by atoms with van der Waals surface area (Å²) < 4.78 is 43.6. The molecule has 0 saturated carbocycles. The normalized spacial score (nSPS) is 11.8. The van der Waals surface area contributed by atoms with E-state index in [0.29, 0.717) is 32.4 Å². The summed E-state index contributed by atoms with van der Waals surface area (Å²) in [5.74, 6) is -0.0543. The molecular formula is C18H14F3N5O2S. The number of hydrogen-bond donors (Lipinski definition) is 2. The zero-order chi connectivity index (χ0) is 20.8. The van der Waals surface area contributed by atoms with Crippen molar-refractivity contribution in [3.8, 4) is 5.75 Å². The van der Waals surface area contributed by atoms with Crippen molar-refractivity contribution in [2.75, 3.05) is 12.4 Å². The number of ether oxygens (including phenoxy) is 1. The van der Waals surface area contributed by atoms with Crippen LogP contribution in [0, 0.1) is 0 Å². The van der Waals surface area contributed by atoms with Crippen LogP contribution in [0.3, 0.4) is 0 Å². The number of thiazole rings is 1. The first-order valence-electron chi connectivity index (χ1n) is 8.35. The Morgan fingerprint density at radius 1 is 1.14 bits per heavy atom. The largest absolute Gasteiger partial charge is 0.573 e. The predicted octanol–water partition coefficient (Wildman–Crippen LogP) is 4.18. The van der Waals surface area contributed by atoms with Crippen molar-refractivity contribution in [2.45, 2.75) is 6.36 Å². The Kier molecular flexibility index (Phi) is 4.53. The summed E-state index contributed by atoms with van der Waals surface area (Å²) in [6.07, 6.45) is -4.76. The first-order chi connectivity index (χ1) is 13.7. The number of alkyl halides is 3. The lowest BCUT2D eigenvalue weighted by atomic mass is 10.2. The molecule has 0 saturated heterocycles. The molecule has 0 aliphatic carbocycles. The molecule has 150 valence electrons. The van der Waals surface area contributed by atoms with Crippen LogP contribution in [-0.4, -0.2) is 33.9 Å². The molecule has 0 bridgehead atoms. The molecule has 0 atom stereocenters. The van der Waals surface area contributed by atoms with Crippen LogP contribution in [0.25, 0.3) is 21.3 Å². The number of carbonyl (C=O) groups excluding carboxylic acids is 1. The number of halogens is 3. The molecule has 7 nitrogen and oxygen atoms in total. The lowest BCUT2D eigenvalue weighted by Gasteiger charge is -2.07. The van der Waals surface area contributed by atoms with Gasteiger partial charge in [0.2, 0.25) is 5.95 Å². The summed E-state index contributed by atoms with van der Waals surface area (Å²) in [6, 6.07) is 9.16. The van der Waals surface area contributed by atoms with E-state index in [4.69, 9.17) is 0 Å². The molecule has 0 fully saturated rings. The number of anilines is 2. The molecule has 11 heteroatoms. The van der Waals surface area contributed by atoms with E-state index in [0.717, 1.165) is 5.52 Å². The number of carbonyl (C=O) groups is 1. The average Bonchev–Trinajstić information content (AvgIpc) is 3.19. The van der Waals surface area contributed by atoms with Crippen LogP contribution in [0.1, 0.15) is 10.4 Å². The standard InChI is InChI=1S/C18H14F3N5O2S/c1-22-15(27)9-3-5-13-11(7-9)23-16(26(13)2)25-17-24-12-8-10(28-18(19,20)21)4-6-14(12)29-17/h3-8H,1-2H3,(H,22,27)(H,23,24,25). The highest BCUT2D eigenvalue weighted by Gasteiger charge is 2.31. The minimum Gasteiger partial charge on any atom is -0.406 e. The number of nitrogens with zero attached hydrogens (tertiary/aromatic N) is 3. The highest BCUT2D eigenvalue weighted by Crippen LogP contribution is 2.33. The summed E-state index contributed by atoms with van der Waals surface area (Å²) in [5.41, 5.74) is 2.29. The van der Waals surface area contributed by atoms with Crippen molar-refractivity contribution < 1.29 is 22.7 Å². The summed E-state index contributed by atoms with van der Waals surface area (Å²) in [7, 11) is 3.36. The maximum atomic E-state index is 12.4. The molecular weight excluding hydrogens is 407 g/mol. The first kappa shape index (κ1) is 19.0. The van der Waals surface area contributed by atoms with Crippen molar-refractivity contribution in [2.24, 2.45) is 7.05 Å². The average molecular weight is 421 g/mol. The number of amides is 1. The Balaban J connectivity index is 1.64. The van der Waals surface area contributed by atoms with Crippen molar-refractivity contribution in [3.05, 3.63) is 42.0 Å². The van der Waals surface area contributed by atoms with Crippen LogP contribution < -0.4 is 15.4 Å². The molecule has 4 aromatic rings. The second-order valence-electron chi connectivity index (χ2n) is 6.10. The van der Waals surface area contributed by atoms with Gasteiger partial charge in [0.15, 0.2) is 5.13 Å². The summed E-state index contributed by atoms with van der Waals surface area (Å²) >= 11 is 1.27. The van der Waals surface area contributed by atoms with Crippen LogP contribution in [0.5, 0.6) is 5.75 Å². The number of aryl methyl sites for hydroxylation is 1. The van der Waals surface area contributed by atoms with Gasteiger partial charge in [0.1, 0.15) is 5.75 Å². The maximum absolute atomic E-state index is 12.4. The van der Waals surface area contributed by atoms with Gasteiger partial charge in [-0.3, -0.25) is 4.79 Å². The topological polar surface area (TPSA) is 81.1 Å². The zero-order valence-electron chi connectivity index (χ0n) is 15.2. The fourth-order valence-corrected chi connectivity index (χ4v) is 3.69. The molecule has 0 radical (unpaired) electrons. The molecule has 2 aromatic heterocycles. The van der Waals surface area contributed by atoms with Crippen LogP contribution in [0.15, 0.2) is 36.4 Å². The Morgan fingerprint density at radius 3 is 2.66 bits per heavy atom. The molecule has 4 rings (SSSR count). The third kappa shape index (κ3) is 3.81. The highest BCUT2D eigenvalue weighted by atomic mass is 32.1. The van der Waals surface area contributed by atoms with Gasteiger partial charge in [-0.2, -0.15) is 0 Å².